The van der Waals surface area contributed by atoms with E-state index in [0.29, 0.717) is 6.04 Å². The SMILES string of the molecule is CCOCCN1CCN(Cc2cccc(C#N)c2)CC1C. The van der Waals surface area contributed by atoms with E-state index in [9.17, 15) is 0 Å². The summed E-state index contributed by atoms with van der Waals surface area (Å²) in [5.41, 5.74) is 1.97. The van der Waals surface area contributed by atoms with Crippen LogP contribution in [0.5, 0.6) is 0 Å². The quantitative estimate of drug-likeness (QED) is 0.751. The Morgan fingerprint density at radius 3 is 2.95 bits per heavy atom. The molecule has 1 fully saturated rings. The molecule has 0 saturated carbocycles. The molecule has 1 aromatic rings. The summed E-state index contributed by atoms with van der Waals surface area (Å²) in [6.07, 6.45) is 0. The van der Waals surface area contributed by atoms with Crippen molar-refractivity contribution in [2.75, 3.05) is 39.4 Å². The Balaban J connectivity index is 1.83. The van der Waals surface area contributed by atoms with Crippen LogP contribution in [0.15, 0.2) is 24.3 Å². The molecule has 1 aromatic carbocycles. The van der Waals surface area contributed by atoms with Gasteiger partial charge in [0.25, 0.3) is 0 Å². The number of nitriles is 1. The van der Waals surface area contributed by atoms with Crippen LogP contribution in [-0.2, 0) is 11.3 Å². The smallest absolute Gasteiger partial charge is 0.0991 e. The van der Waals surface area contributed by atoms with E-state index in [0.717, 1.165) is 51.5 Å². The molecule has 0 N–H and O–H groups in total. The molecule has 1 unspecified atom stereocenters. The molecule has 1 heterocycles. The molecule has 114 valence electrons. The monoisotopic (exact) mass is 287 g/mol. The number of rotatable bonds is 6. The van der Waals surface area contributed by atoms with Crippen molar-refractivity contribution in [3.63, 3.8) is 0 Å². The lowest BCUT2D eigenvalue weighted by atomic mass is 10.1. The van der Waals surface area contributed by atoms with Crippen LogP contribution in [0.3, 0.4) is 0 Å². The van der Waals surface area contributed by atoms with Gasteiger partial charge in [-0.05, 0) is 31.5 Å². The standard InChI is InChI=1S/C17H25N3O/c1-3-21-10-9-20-8-7-19(13-15(20)2)14-17-6-4-5-16(11-17)12-18/h4-6,11,15H,3,7-10,13-14H2,1-2H3. The van der Waals surface area contributed by atoms with Crippen LogP contribution in [0.25, 0.3) is 0 Å². The second-order valence-electron chi connectivity index (χ2n) is 5.63. The average molecular weight is 287 g/mol. The molecule has 1 aliphatic rings. The summed E-state index contributed by atoms with van der Waals surface area (Å²) in [5, 5.41) is 8.97. The molecular weight excluding hydrogens is 262 g/mol. The van der Waals surface area contributed by atoms with Gasteiger partial charge < -0.3 is 4.74 Å². The maximum Gasteiger partial charge on any atom is 0.0991 e. The third-order valence-corrected chi connectivity index (χ3v) is 4.04. The Kier molecular flexibility index (Phi) is 6.19. The van der Waals surface area contributed by atoms with Crippen LogP contribution in [0.4, 0.5) is 0 Å². The molecule has 0 amide bonds. The normalized spacial score (nSPS) is 20.3. The second-order valence-corrected chi connectivity index (χ2v) is 5.63. The van der Waals surface area contributed by atoms with Crippen molar-refractivity contribution in [1.29, 1.82) is 5.26 Å². The van der Waals surface area contributed by atoms with Gasteiger partial charge in [-0.15, -0.1) is 0 Å². The lowest BCUT2D eigenvalue weighted by molar-refractivity contribution is 0.0466. The highest BCUT2D eigenvalue weighted by Crippen LogP contribution is 2.13. The lowest BCUT2D eigenvalue weighted by Gasteiger charge is -2.39. The molecule has 0 aliphatic carbocycles. The highest BCUT2D eigenvalue weighted by molar-refractivity contribution is 5.32. The zero-order valence-corrected chi connectivity index (χ0v) is 13.1. The van der Waals surface area contributed by atoms with Crippen LogP contribution in [0.2, 0.25) is 0 Å². The lowest BCUT2D eigenvalue weighted by Crippen LogP contribution is -2.52. The van der Waals surface area contributed by atoms with E-state index in [-0.39, 0.29) is 0 Å². The van der Waals surface area contributed by atoms with Gasteiger partial charge in [-0.25, -0.2) is 0 Å². The van der Waals surface area contributed by atoms with Gasteiger partial charge in [0.05, 0.1) is 18.2 Å². The summed E-state index contributed by atoms with van der Waals surface area (Å²) < 4.78 is 5.45. The summed E-state index contributed by atoms with van der Waals surface area (Å²) in [5.74, 6) is 0. The second kappa shape index (κ2) is 8.14. The van der Waals surface area contributed by atoms with Gasteiger partial charge in [0.1, 0.15) is 0 Å². The van der Waals surface area contributed by atoms with Crippen molar-refractivity contribution < 1.29 is 4.74 Å². The first kappa shape index (κ1) is 16.0. The van der Waals surface area contributed by atoms with Crippen molar-refractivity contribution in [3.05, 3.63) is 35.4 Å². The van der Waals surface area contributed by atoms with E-state index in [1.165, 1.54) is 5.56 Å². The highest BCUT2D eigenvalue weighted by Gasteiger charge is 2.23. The van der Waals surface area contributed by atoms with Crippen molar-refractivity contribution in [1.82, 2.24) is 9.80 Å². The Morgan fingerprint density at radius 2 is 2.24 bits per heavy atom. The van der Waals surface area contributed by atoms with Gasteiger partial charge >= 0.3 is 0 Å². The zero-order valence-electron chi connectivity index (χ0n) is 13.1. The van der Waals surface area contributed by atoms with Gasteiger partial charge in [-0.2, -0.15) is 5.26 Å². The molecular formula is C17H25N3O. The highest BCUT2D eigenvalue weighted by atomic mass is 16.5. The first-order valence-electron chi connectivity index (χ1n) is 7.76. The van der Waals surface area contributed by atoms with Crippen molar-refractivity contribution in [2.45, 2.75) is 26.4 Å². The summed E-state index contributed by atoms with van der Waals surface area (Å²) in [7, 11) is 0. The molecule has 0 spiro atoms. The molecule has 21 heavy (non-hydrogen) atoms. The van der Waals surface area contributed by atoms with E-state index >= 15 is 0 Å². The first-order chi connectivity index (χ1) is 10.2. The van der Waals surface area contributed by atoms with Crippen molar-refractivity contribution >= 4 is 0 Å². The Morgan fingerprint density at radius 1 is 1.38 bits per heavy atom. The topological polar surface area (TPSA) is 39.5 Å². The van der Waals surface area contributed by atoms with E-state index in [1.807, 2.05) is 25.1 Å². The van der Waals surface area contributed by atoms with Crippen LogP contribution in [0.1, 0.15) is 25.0 Å². The van der Waals surface area contributed by atoms with Gasteiger partial charge in [0.2, 0.25) is 0 Å². The fraction of sp³-hybridized carbons (Fsp3) is 0.588. The molecule has 0 radical (unpaired) electrons. The Labute approximate surface area is 127 Å². The van der Waals surface area contributed by atoms with Gasteiger partial charge in [-0.3, -0.25) is 9.80 Å². The summed E-state index contributed by atoms with van der Waals surface area (Å²) >= 11 is 0. The van der Waals surface area contributed by atoms with E-state index in [2.05, 4.69) is 28.9 Å². The number of nitrogens with zero attached hydrogens (tertiary/aromatic N) is 3. The van der Waals surface area contributed by atoms with Crippen molar-refractivity contribution in [3.8, 4) is 6.07 Å². The molecule has 0 aromatic heterocycles. The van der Waals surface area contributed by atoms with Crippen molar-refractivity contribution in [2.24, 2.45) is 0 Å². The summed E-state index contributed by atoms with van der Waals surface area (Å²) in [6.45, 7) is 11.1. The van der Waals surface area contributed by atoms with Crippen LogP contribution in [0, 0.1) is 11.3 Å². The third-order valence-electron chi connectivity index (χ3n) is 4.04. The van der Waals surface area contributed by atoms with Crippen LogP contribution >= 0.6 is 0 Å². The minimum atomic E-state index is 0.554. The van der Waals surface area contributed by atoms with Crippen LogP contribution in [-0.4, -0.2) is 55.2 Å². The molecule has 1 aliphatic heterocycles. The van der Waals surface area contributed by atoms with Gasteiger partial charge in [0.15, 0.2) is 0 Å². The predicted molar refractivity (Wildman–Crippen MR) is 84.0 cm³/mol. The molecule has 4 nitrogen and oxygen atoms in total. The van der Waals surface area contributed by atoms with Gasteiger partial charge in [-0.1, -0.05) is 12.1 Å². The first-order valence-corrected chi connectivity index (χ1v) is 7.76. The molecule has 1 atom stereocenters. The fourth-order valence-corrected chi connectivity index (χ4v) is 2.87. The fourth-order valence-electron chi connectivity index (χ4n) is 2.87. The summed E-state index contributed by atoms with van der Waals surface area (Å²) in [6, 6.07) is 10.7. The van der Waals surface area contributed by atoms with Gasteiger partial charge in [0, 0.05) is 45.4 Å². The number of hydrogen-bond acceptors (Lipinski definition) is 4. The Hall–Kier alpha value is -1.41. The molecule has 1 saturated heterocycles. The minimum Gasteiger partial charge on any atom is -0.380 e. The number of hydrogen-bond donors (Lipinski definition) is 0. The molecule has 4 heteroatoms. The number of benzene rings is 1. The van der Waals surface area contributed by atoms with E-state index in [1.54, 1.807) is 0 Å². The zero-order chi connectivity index (χ0) is 15.1. The number of ether oxygens (including phenoxy) is 1. The largest absolute Gasteiger partial charge is 0.380 e. The summed E-state index contributed by atoms with van der Waals surface area (Å²) in [4.78, 5) is 4.97. The maximum absolute atomic E-state index is 8.97. The predicted octanol–water partition coefficient (Wildman–Crippen LogP) is 2.10. The average Bonchev–Trinajstić information content (AvgIpc) is 2.50. The Bertz CT molecular complexity index is 483. The third kappa shape index (κ3) is 4.82. The molecule has 2 rings (SSSR count). The number of piperazine rings is 1. The molecule has 0 bridgehead atoms. The van der Waals surface area contributed by atoms with Crippen LogP contribution < -0.4 is 0 Å². The van der Waals surface area contributed by atoms with E-state index < -0.39 is 0 Å². The minimum absolute atomic E-state index is 0.554. The maximum atomic E-state index is 8.97. The van der Waals surface area contributed by atoms with E-state index in [4.69, 9.17) is 10.00 Å².